The van der Waals surface area contributed by atoms with Crippen molar-refractivity contribution in [2.24, 2.45) is 0 Å². The van der Waals surface area contributed by atoms with Crippen molar-refractivity contribution in [1.29, 1.82) is 5.41 Å². The quantitative estimate of drug-likeness (QED) is 0.706. The standard InChI is InChI=1S/C24H28N4O3/c1-15-6-7-21(30-2)20(12-15)26-19-5-3-4-18-17(19)13-24(18)14-22(29)28(23(25)27-24)16-8-10-31-11-9-16/h3-7,12,16,26H,8-11,13-14H2,1-2H3,(H2,25,27)/t24-/m0/s1. The van der Waals surface area contributed by atoms with Gasteiger partial charge in [-0.2, -0.15) is 0 Å². The van der Waals surface area contributed by atoms with E-state index in [0.29, 0.717) is 26.1 Å². The molecule has 3 aliphatic rings. The van der Waals surface area contributed by atoms with Gasteiger partial charge in [0, 0.05) is 31.4 Å². The maximum atomic E-state index is 13.1. The van der Waals surface area contributed by atoms with Crippen molar-refractivity contribution in [2.45, 2.75) is 44.2 Å². The number of guanidine groups is 1. The van der Waals surface area contributed by atoms with Crippen molar-refractivity contribution in [3.8, 4) is 5.75 Å². The first-order valence-corrected chi connectivity index (χ1v) is 10.8. The van der Waals surface area contributed by atoms with Gasteiger partial charge in [-0.1, -0.05) is 18.2 Å². The van der Waals surface area contributed by atoms with E-state index in [1.54, 1.807) is 12.0 Å². The summed E-state index contributed by atoms with van der Waals surface area (Å²) in [6.07, 6.45) is 2.64. The Morgan fingerprint density at radius 1 is 1.19 bits per heavy atom. The van der Waals surface area contributed by atoms with Crippen LogP contribution >= 0.6 is 0 Å². The molecule has 0 unspecified atom stereocenters. The second kappa shape index (κ2) is 7.57. The molecule has 5 rings (SSSR count). The molecule has 2 aliphatic heterocycles. The van der Waals surface area contributed by atoms with Crippen molar-refractivity contribution in [1.82, 2.24) is 10.2 Å². The third kappa shape index (κ3) is 3.33. The van der Waals surface area contributed by atoms with E-state index in [9.17, 15) is 4.79 Å². The van der Waals surface area contributed by atoms with Crippen LogP contribution in [0.15, 0.2) is 36.4 Å². The Morgan fingerprint density at radius 2 is 2.00 bits per heavy atom. The fourth-order valence-electron chi connectivity index (χ4n) is 5.10. The van der Waals surface area contributed by atoms with Crippen LogP contribution in [0.5, 0.6) is 5.75 Å². The Bertz CT molecular complexity index is 1030. The molecule has 0 saturated carbocycles. The monoisotopic (exact) mass is 420 g/mol. The van der Waals surface area contributed by atoms with E-state index in [2.05, 4.69) is 35.8 Å². The number of hydrogen-bond donors (Lipinski definition) is 3. The van der Waals surface area contributed by atoms with Gasteiger partial charge in [-0.05, 0) is 54.7 Å². The average molecular weight is 421 g/mol. The lowest BCUT2D eigenvalue weighted by Gasteiger charge is -2.51. The second-order valence-electron chi connectivity index (χ2n) is 8.68. The number of rotatable bonds is 4. The van der Waals surface area contributed by atoms with Gasteiger partial charge < -0.3 is 20.1 Å². The number of hydrogen-bond acceptors (Lipinski definition) is 5. The van der Waals surface area contributed by atoms with E-state index < -0.39 is 5.54 Å². The normalized spacial score (nSPS) is 23.2. The molecule has 31 heavy (non-hydrogen) atoms. The van der Waals surface area contributed by atoms with Crippen LogP contribution in [-0.4, -0.2) is 43.1 Å². The Labute approximate surface area is 182 Å². The van der Waals surface area contributed by atoms with Gasteiger partial charge in [0.1, 0.15) is 5.75 Å². The van der Waals surface area contributed by atoms with Crippen molar-refractivity contribution in [2.75, 3.05) is 25.6 Å². The molecule has 3 N–H and O–H groups in total. The number of carbonyl (C=O) groups is 1. The Morgan fingerprint density at radius 3 is 2.74 bits per heavy atom. The SMILES string of the molecule is COc1ccc(C)cc1Nc1cccc2c1C[C@]21CC(=O)N(C2CCOCC2)C(=N)N1. The molecule has 0 bridgehead atoms. The molecule has 1 spiro atoms. The van der Waals surface area contributed by atoms with Crippen LogP contribution in [0.4, 0.5) is 11.4 Å². The molecule has 2 aromatic rings. The molecule has 0 radical (unpaired) electrons. The van der Waals surface area contributed by atoms with Crippen LogP contribution in [0.3, 0.4) is 0 Å². The summed E-state index contributed by atoms with van der Waals surface area (Å²) in [6, 6.07) is 12.2. The molecule has 2 aromatic carbocycles. The van der Waals surface area contributed by atoms with Gasteiger partial charge >= 0.3 is 0 Å². The number of anilines is 2. The number of methoxy groups -OCH3 is 1. The molecule has 2 fully saturated rings. The van der Waals surface area contributed by atoms with Crippen LogP contribution in [-0.2, 0) is 21.5 Å². The summed E-state index contributed by atoms with van der Waals surface area (Å²) in [4.78, 5) is 14.7. The molecular formula is C24H28N4O3. The summed E-state index contributed by atoms with van der Waals surface area (Å²) in [5.41, 5.74) is 4.87. The predicted molar refractivity (Wildman–Crippen MR) is 119 cm³/mol. The lowest BCUT2D eigenvalue weighted by Crippen LogP contribution is -2.66. The topological polar surface area (TPSA) is 86.7 Å². The number of fused-ring (bicyclic) bond motifs is 2. The van der Waals surface area contributed by atoms with Crippen LogP contribution in [0.1, 0.15) is 36.0 Å². The van der Waals surface area contributed by atoms with E-state index in [0.717, 1.165) is 41.1 Å². The summed E-state index contributed by atoms with van der Waals surface area (Å²) in [7, 11) is 1.67. The van der Waals surface area contributed by atoms with Gasteiger partial charge in [-0.15, -0.1) is 0 Å². The fraction of sp³-hybridized carbons (Fsp3) is 0.417. The third-order valence-electron chi connectivity index (χ3n) is 6.67. The van der Waals surface area contributed by atoms with E-state index in [-0.39, 0.29) is 17.9 Å². The third-order valence-corrected chi connectivity index (χ3v) is 6.67. The maximum Gasteiger partial charge on any atom is 0.232 e. The number of nitrogens with zero attached hydrogens (tertiary/aromatic N) is 1. The second-order valence-corrected chi connectivity index (χ2v) is 8.68. The zero-order chi connectivity index (χ0) is 21.6. The highest BCUT2D eigenvalue weighted by Gasteiger charge is 2.51. The fourth-order valence-corrected chi connectivity index (χ4v) is 5.10. The van der Waals surface area contributed by atoms with E-state index >= 15 is 0 Å². The van der Waals surface area contributed by atoms with Gasteiger partial charge in [-0.3, -0.25) is 15.1 Å². The van der Waals surface area contributed by atoms with Gasteiger partial charge in [0.2, 0.25) is 5.91 Å². The van der Waals surface area contributed by atoms with Crippen molar-refractivity contribution in [3.05, 3.63) is 53.1 Å². The van der Waals surface area contributed by atoms with Gasteiger partial charge in [0.05, 0.1) is 24.8 Å². The molecular weight excluding hydrogens is 392 g/mol. The molecule has 1 aliphatic carbocycles. The first-order valence-electron chi connectivity index (χ1n) is 10.8. The zero-order valence-electron chi connectivity index (χ0n) is 18.0. The summed E-state index contributed by atoms with van der Waals surface area (Å²) >= 11 is 0. The van der Waals surface area contributed by atoms with Gasteiger partial charge in [0.15, 0.2) is 5.96 Å². The van der Waals surface area contributed by atoms with Crippen LogP contribution < -0.4 is 15.4 Å². The van der Waals surface area contributed by atoms with Crippen molar-refractivity contribution in [3.63, 3.8) is 0 Å². The molecule has 2 heterocycles. The first kappa shape index (κ1) is 19.9. The highest BCUT2D eigenvalue weighted by Crippen LogP contribution is 2.48. The Hall–Kier alpha value is -3.06. The number of carbonyl (C=O) groups excluding carboxylic acids is 1. The number of nitrogens with one attached hydrogen (secondary N) is 3. The van der Waals surface area contributed by atoms with Crippen molar-refractivity contribution < 1.29 is 14.3 Å². The van der Waals surface area contributed by atoms with Gasteiger partial charge in [-0.25, -0.2) is 0 Å². The molecule has 1 amide bonds. The highest BCUT2D eigenvalue weighted by atomic mass is 16.5. The lowest BCUT2D eigenvalue weighted by molar-refractivity contribution is -0.134. The largest absolute Gasteiger partial charge is 0.495 e. The maximum absolute atomic E-state index is 13.1. The smallest absolute Gasteiger partial charge is 0.232 e. The summed E-state index contributed by atoms with van der Waals surface area (Å²) < 4.78 is 10.9. The number of aryl methyl sites for hydroxylation is 1. The van der Waals surface area contributed by atoms with Crippen LogP contribution in [0.2, 0.25) is 0 Å². The molecule has 2 saturated heterocycles. The highest BCUT2D eigenvalue weighted by molar-refractivity contribution is 6.00. The zero-order valence-corrected chi connectivity index (χ0v) is 18.0. The minimum atomic E-state index is -0.487. The summed E-state index contributed by atoms with van der Waals surface area (Å²) in [6.45, 7) is 3.34. The van der Waals surface area contributed by atoms with Gasteiger partial charge in [0.25, 0.3) is 0 Å². The van der Waals surface area contributed by atoms with Crippen molar-refractivity contribution >= 4 is 23.2 Å². The first-order chi connectivity index (χ1) is 15.0. The Balaban J connectivity index is 1.39. The molecule has 0 aromatic heterocycles. The molecule has 7 heteroatoms. The Kier molecular flexibility index (Phi) is 4.85. The van der Waals surface area contributed by atoms with E-state index in [4.69, 9.17) is 14.9 Å². The number of amides is 1. The minimum Gasteiger partial charge on any atom is -0.495 e. The van der Waals surface area contributed by atoms with Crippen LogP contribution in [0.25, 0.3) is 0 Å². The minimum absolute atomic E-state index is 0.0278. The number of benzene rings is 2. The van der Waals surface area contributed by atoms with E-state index in [1.807, 2.05) is 18.2 Å². The van der Waals surface area contributed by atoms with Crippen LogP contribution in [0, 0.1) is 12.3 Å². The number of ether oxygens (including phenoxy) is 2. The molecule has 1 atom stereocenters. The summed E-state index contributed by atoms with van der Waals surface area (Å²) in [5, 5.41) is 15.5. The predicted octanol–water partition coefficient (Wildman–Crippen LogP) is 3.43. The average Bonchev–Trinajstić information content (AvgIpc) is 2.75. The van der Waals surface area contributed by atoms with E-state index in [1.165, 1.54) is 5.56 Å². The molecule has 162 valence electrons. The lowest BCUT2D eigenvalue weighted by atomic mass is 9.67. The summed E-state index contributed by atoms with van der Waals surface area (Å²) in [5.74, 6) is 1.03. The molecule has 7 nitrogen and oxygen atoms in total.